The molecule has 0 bridgehead atoms. The first kappa shape index (κ1) is 19.2. The Labute approximate surface area is 171 Å². The van der Waals surface area contributed by atoms with Crippen molar-refractivity contribution in [2.24, 2.45) is 0 Å². The number of amides is 1. The molecule has 150 valence electrons. The van der Waals surface area contributed by atoms with Crippen LogP contribution < -0.4 is 4.74 Å². The Hall–Kier alpha value is -3.15. The van der Waals surface area contributed by atoms with Gasteiger partial charge in [-0.25, -0.2) is 4.98 Å². The van der Waals surface area contributed by atoms with E-state index in [1.165, 1.54) is 0 Å². The molecule has 1 aromatic carbocycles. The number of hydrogen-bond acceptors (Lipinski definition) is 4. The second-order valence-electron chi connectivity index (χ2n) is 7.48. The van der Waals surface area contributed by atoms with Gasteiger partial charge in [-0.15, -0.1) is 0 Å². The average Bonchev–Trinajstić information content (AvgIpc) is 3.22. The lowest BCUT2D eigenvalue weighted by atomic mass is 9.95. The number of pyridine rings is 1. The summed E-state index contributed by atoms with van der Waals surface area (Å²) in [7, 11) is 0. The molecule has 4 rings (SSSR count). The van der Waals surface area contributed by atoms with Gasteiger partial charge in [-0.05, 0) is 43.0 Å². The molecule has 29 heavy (non-hydrogen) atoms. The molecule has 1 aliphatic heterocycles. The lowest BCUT2D eigenvalue weighted by molar-refractivity contribution is -0.134. The number of piperidine rings is 1. The maximum Gasteiger partial charge on any atom is 0.260 e. The van der Waals surface area contributed by atoms with Crippen molar-refractivity contribution in [3.05, 3.63) is 78.1 Å². The molecule has 0 aliphatic carbocycles. The minimum absolute atomic E-state index is 0.0467. The van der Waals surface area contributed by atoms with E-state index in [1.807, 2.05) is 60.7 Å². The fourth-order valence-electron chi connectivity index (χ4n) is 3.84. The fourth-order valence-corrected chi connectivity index (χ4v) is 3.84. The monoisotopic (exact) mass is 390 g/mol. The number of aromatic nitrogens is 3. The number of ether oxygens (including phenoxy) is 1. The number of para-hydroxylation sites is 1. The lowest BCUT2D eigenvalue weighted by Crippen LogP contribution is -2.40. The second-order valence-corrected chi connectivity index (χ2v) is 7.48. The summed E-state index contributed by atoms with van der Waals surface area (Å²) in [4.78, 5) is 23.3. The summed E-state index contributed by atoms with van der Waals surface area (Å²) in [5.41, 5.74) is 2.20. The average molecular weight is 390 g/mol. The maximum absolute atomic E-state index is 12.6. The minimum atomic E-state index is 0.0467. The van der Waals surface area contributed by atoms with Crippen molar-refractivity contribution in [2.75, 3.05) is 19.7 Å². The first-order chi connectivity index (χ1) is 14.2. The van der Waals surface area contributed by atoms with Crippen molar-refractivity contribution in [1.29, 1.82) is 0 Å². The van der Waals surface area contributed by atoms with Crippen LogP contribution in [0, 0.1) is 6.92 Å². The molecule has 1 aliphatic rings. The number of likely N-dealkylation sites (tertiary alicyclic amines) is 1. The van der Waals surface area contributed by atoms with Crippen LogP contribution in [0.15, 0.2) is 61.2 Å². The highest BCUT2D eigenvalue weighted by molar-refractivity contribution is 5.77. The highest BCUT2D eigenvalue weighted by Gasteiger charge is 2.26. The van der Waals surface area contributed by atoms with Crippen LogP contribution in [0.2, 0.25) is 0 Å². The zero-order valence-corrected chi connectivity index (χ0v) is 16.7. The summed E-state index contributed by atoms with van der Waals surface area (Å²) in [6, 6.07) is 11.8. The van der Waals surface area contributed by atoms with Gasteiger partial charge in [0.2, 0.25) is 0 Å². The molecular weight excluding hydrogens is 364 g/mol. The molecule has 0 atom stereocenters. The van der Waals surface area contributed by atoms with E-state index in [2.05, 4.69) is 20.6 Å². The molecular formula is C23H26N4O2. The number of imidazole rings is 1. The lowest BCUT2D eigenvalue weighted by Gasteiger charge is -2.32. The zero-order valence-electron chi connectivity index (χ0n) is 16.7. The Balaban J connectivity index is 1.31. The van der Waals surface area contributed by atoms with Crippen molar-refractivity contribution >= 4 is 5.91 Å². The molecule has 0 saturated carbocycles. The highest BCUT2D eigenvalue weighted by atomic mass is 16.5. The summed E-state index contributed by atoms with van der Waals surface area (Å²) in [6.45, 7) is 4.32. The normalized spacial score (nSPS) is 14.7. The van der Waals surface area contributed by atoms with E-state index < -0.39 is 0 Å². The minimum Gasteiger partial charge on any atom is -0.484 e. The quantitative estimate of drug-likeness (QED) is 0.647. The molecule has 1 fully saturated rings. The molecule has 0 spiro atoms. The number of carbonyl (C=O) groups excluding carboxylic acids is 1. The third-order valence-electron chi connectivity index (χ3n) is 5.48. The summed E-state index contributed by atoms with van der Waals surface area (Å²) in [5, 5.41) is 0. The van der Waals surface area contributed by atoms with Gasteiger partial charge in [0.25, 0.3) is 5.91 Å². The predicted molar refractivity (Wildman–Crippen MR) is 111 cm³/mol. The number of benzene rings is 1. The Bertz CT molecular complexity index is 946. The first-order valence-electron chi connectivity index (χ1n) is 10.1. The number of nitrogens with zero attached hydrogens (tertiary/aromatic N) is 4. The van der Waals surface area contributed by atoms with Crippen LogP contribution in [0.5, 0.6) is 5.75 Å². The largest absolute Gasteiger partial charge is 0.484 e. The van der Waals surface area contributed by atoms with Gasteiger partial charge >= 0.3 is 0 Å². The van der Waals surface area contributed by atoms with E-state index >= 15 is 0 Å². The van der Waals surface area contributed by atoms with Gasteiger partial charge < -0.3 is 14.2 Å². The van der Waals surface area contributed by atoms with E-state index in [0.29, 0.717) is 5.92 Å². The van der Waals surface area contributed by atoms with Crippen LogP contribution in [0.3, 0.4) is 0 Å². The Morgan fingerprint density at radius 2 is 1.97 bits per heavy atom. The van der Waals surface area contributed by atoms with E-state index in [0.717, 1.165) is 55.2 Å². The van der Waals surface area contributed by atoms with Crippen molar-refractivity contribution in [3.8, 4) is 5.75 Å². The molecule has 3 aromatic rings. The van der Waals surface area contributed by atoms with Gasteiger partial charge in [0, 0.05) is 43.8 Å². The van der Waals surface area contributed by atoms with E-state index in [1.54, 1.807) is 6.20 Å². The van der Waals surface area contributed by atoms with Gasteiger partial charge in [-0.3, -0.25) is 9.78 Å². The van der Waals surface area contributed by atoms with Crippen LogP contribution in [-0.2, 0) is 11.3 Å². The van der Waals surface area contributed by atoms with Crippen LogP contribution in [0.4, 0.5) is 0 Å². The number of rotatable bonds is 6. The fraction of sp³-hybridized carbons (Fsp3) is 0.348. The third-order valence-corrected chi connectivity index (χ3v) is 5.48. The standard InChI is InChI=1S/C23H26N4O2/c1-18-5-2-3-7-21(18)29-17-22(28)26-12-8-20(9-13-26)23-25-11-14-27(23)16-19-6-4-10-24-15-19/h2-7,10-11,14-15,20H,8-9,12-13,16-17H2,1H3. The topological polar surface area (TPSA) is 60.2 Å². The molecule has 6 nitrogen and oxygen atoms in total. The molecule has 0 N–H and O–H groups in total. The number of carbonyl (C=O) groups is 1. The molecule has 0 radical (unpaired) electrons. The van der Waals surface area contributed by atoms with Crippen LogP contribution in [-0.4, -0.2) is 45.0 Å². The Kier molecular flexibility index (Phi) is 5.89. The van der Waals surface area contributed by atoms with E-state index in [9.17, 15) is 4.79 Å². The van der Waals surface area contributed by atoms with E-state index in [4.69, 9.17) is 4.74 Å². The van der Waals surface area contributed by atoms with Gasteiger partial charge in [0.1, 0.15) is 11.6 Å². The molecule has 6 heteroatoms. The highest BCUT2D eigenvalue weighted by Crippen LogP contribution is 2.27. The summed E-state index contributed by atoms with van der Waals surface area (Å²) >= 11 is 0. The van der Waals surface area contributed by atoms with Gasteiger partial charge in [0.05, 0.1) is 6.54 Å². The molecule has 2 aromatic heterocycles. The van der Waals surface area contributed by atoms with Crippen molar-refractivity contribution in [1.82, 2.24) is 19.4 Å². The number of hydrogen-bond donors (Lipinski definition) is 0. The summed E-state index contributed by atoms with van der Waals surface area (Å²) in [6.07, 6.45) is 9.39. The Morgan fingerprint density at radius 1 is 1.14 bits per heavy atom. The third kappa shape index (κ3) is 4.65. The predicted octanol–water partition coefficient (Wildman–Crippen LogP) is 3.42. The molecule has 1 amide bonds. The smallest absolute Gasteiger partial charge is 0.260 e. The van der Waals surface area contributed by atoms with Gasteiger partial charge in [-0.1, -0.05) is 24.3 Å². The van der Waals surface area contributed by atoms with Crippen molar-refractivity contribution in [3.63, 3.8) is 0 Å². The van der Waals surface area contributed by atoms with Crippen LogP contribution in [0.25, 0.3) is 0 Å². The van der Waals surface area contributed by atoms with Crippen LogP contribution >= 0.6 is 0 Å². The molecule has 1 saturated heterocycles. The van der Waals surface area contributed by atoms with Crippen LogP contribution in [0.1, 0.15) is 35.7 Å². The summed E-state index contributed by atoms with van der Waals surface area (Å²) in [5.74, 6) is 2.28. The number of aryl methyl sites for hydroxylation is 1. The Morgan fingerprint density at radius 3 is 2.72 bits per heavy atom. The first-order valence-corrected chi connectivity index (χ1v) is 10.1. The second kappa shape index (κ2) is 8.90. The van der Waals surface area contributed by atoms with Gasteiger partial charge in [0.15, 0.2) is 6.61 Å². The molecule has 0 unspecified atom stereocenters. The molecule has 3 heterocycles. The SMILES string of the molecule is Cc1ccccc1OCC(=O)N1CCC(c2nccn2Cc2cccnc2)CC1. The summed E-state index contributed by atoms with van der Waals surface area (Å²) < 4.78 is 7.92. The maximum atomic E-state index is 12.6. The van der Waals surface area contributed by atoms with Gasteiger partial charge in [-0.2, -0.15) is 0 Å². The van der Waals surface area contributed by atoms with E-state index in [-0.39, 0.29) is 12.5 Å². The van der Waals surface area contributed by atoms with Crippen molar-refractivity contribution in [2.45, 2.75) is 32.2 Å². The van der Waals surface area contributed by atoms with Crippen molar-refractivity contribution < 1.29 is 9.53 Å². The zero-order chi connectivity index (χ0) is 20.1.